The summed E-state index contributed by atoms with van der Waals surface area (Å²) in [5, 5.41) is 9.96. The zero-order valence-corrected chi connectivity index (χ0v) is 16.6. The number of halogens is 4. The van der Waals surface area contributed by atoms with Crippen LogP contribution in [-0.2, 0) is 4.74 Å². The van der Waals surface area contributed by atoms with Crippen LogP contribution < -0.4 is 0 Å². The van der Waals surface area contributed by atoms with Crippen molar-refractivity contribution in [2.24, 2.45) is 0 Å². The number of benzene rings is 1. The molecule has 0 aliphatic carbocycles. The third-order valence-electron chi connectivity index (χ3n) is 2.03. The summed E-state index contributed by atoms with van der Waals surface area (Å²) in [6.07, 6.45) is 0.000200. The lowest BCUT2D eigenvalue weighted by molar-refractivity contribution is 0.118. The molecule has 0 fully saturated rings. The fraction of sp³-hybridized carbons (Fsp3) is 0.333. The fourth-order valence-electron chi connectivity index (χ4n) is 1.11. The van der Waals surface area contributed by atoms with E-state index >= 15 is 0 Å². The van der Waals surface area contributed by atoms with Crippen molar-refractivity contribution in [3.05, 3.63) is 19.8 Å². The molecule has 6 heteroatoms. The van der Waals surface area contributed by atoms with Gasteiger partial charge in [-0.2, -0.15) is 0 Å². The normalized spacial score (nSPS) is 12.9. The SMILES string of the molecule is COC(C)c1c(I)c(O)c(I)c(I)c1I. The number of hydrogen-bond donors (Lipinski definition) is 1. The van der Waals surface area contributed by atoms with Crippen LogP contribution in [0.3, 0.4) is 0 Å². The first kappa shape index (κ1) is 15.0. The van der Waals surface area contributed by atoms with Gasteiger partial charge < -0.3 is 9.84 Å². The second-order valence-corrected chi connectivity index (χ2v) is 7.21. The molecule has 2 nitrogen and oxygen atoms in total. The smallest absolute Gasteiger partial charge is 0.143 e. The van der Waals surface area contributed by atoms with Gasteiger partial charge >= 0.3 is 0 Å². The summed E-state index contributed by atoms with van der Waals surface area (Å²) in [4.78, 5) is 0. The molecule has 84 valence electrons. The quantitative estimate of drug-likeness (QED) is 0.289. The van der Waals surface area contributed by atoms with E-state index in [2.05, 4.69) is 90.4 Å². The van der Waals surface area contributed by atoms with E-state index in [4.69, 9.17) is 4.74 Å². The van der Waals surface area contributed by atoms with Crippen LogP contribution >= 0.6 is 90.4 Å². The van der Waals surface area contributed by atoms with Gasteiger partial charge in [-0.15, -0.1) is 0 Å². The van der Waals surface area contributed by atoms with Crippen LogP contribution in [0.4, 0.5) is 0 Å². The number of phenolic OH excluding ortho intramolecular Hbond substituents is 1. The van der Waals surface area contributed by atoms with E-state index in [1.807, 2.05) is 6.92 Å². The summed E-state index contributed by atoms with van der Waals surface area (Å²) < 4.78 is 9.37. The van der Waals surface area contributed by atoms with Gasteiger partial charge in [0.2, 0.25) is 0 Å². The van der Waals surface area contributed by atoms with Gasteiger partial charge in [-0.3, -0.25) is 0 Å². The lowest BCUT2D eigenvalue weighted by atomic mass is 10.1. The zero-order valence-electron chi connectivity index (χ0n) is 7.94. The second kappa shape index (κ2) is 6.18. The van der Waals surface area contributed by atoms with Gasteiger partial charge in [-0.05, 0) is 97.3 Å². The molecule has 0 heterocycles. The first-order valence-electron chi connectivity index (χ1n) is 3.99. The predicted octanol–water partition coefficient (Wildman–Crippen LogP) is 4.52. The van der Waals surface area contributed by atoms with E-state index in [-0.39, 0.29) is 6.10 Å². The molecule has 1 aromatic carbocycles. The minimum absolute atomic E-state index is 0.000200. The Morgan fingerprint density at radius 2 is 1.53 bits per heavy atom. The monoisotopic (exact) mass is 656 g/mol. The largest absolute Gasteiger partial charge is 0.506 e. The Morgan fingerprint density at radius 3 is 2.00 bits per heavy atom. The van der Waals surface area contributed by atoms with Crippen LogP contribution in [0.15, 0.2) is 0 Å². The average Bonchev–Trinajstić information content (AvgIpc) is 2.23. The van der Waals surface area contributed by atoms with Gasteiger partial charge in [0.25, 0.3) is 0 Å². The van der Waals surface area contributed by atoms with Gasteiger partial charge in [-0.25, -0.2) is 0 Å². The minimum atomic E-state index is 0.000200. The highest BCUT2D eigenvalue weighted by molar-refractivity contribution is 14.1. The molecule has 0 aromatic heterocycles. The summed E-state index contributed by atoms with van der Waals surface area (Å²) in [6.45, 7) is 1.99. The number of phenols is 1. The van der Waals surface area contributed by atoms with Gasteiger partial charge in [-0.1, -0.05) is 0 Å². The van der Waals surface area contributed by atoms with Crippen LogP contribution in [-0.4, -0.2) is 12.2 Å². The molecule has 0 saturated carbocycles. The Hall–Kier alpha value is 1.90. The second-order valence-electron chi connectivity index (χ2n) is 2.90. The third kappa shape index (κ3) is 3.02. The lowest BCUT2D eigenvalue weighted by Gasteiger charge is -2.17. The van der Waals surface area contributed by atoms with Gasteiger partial charge in [0.1, 0.15) is 5.75 Å². The number of methoxy groups -OCH3 is 1. The van der Waals surface area contributed by atoms with E-state index in [9.17, 15) is 5.11 Å². The predicted molar refractivity (Wildman–Crippen MR) is 94.4 cm³/mol. The highest BCUT2D eigenvalue weighted by atomic mass is 127. The van der Waals surface area contributed by atoms with Crippen LogP contribution in [0.5, 0.6) is 5.75 Å². The Labute approximate surface area is 143 Å². The molecule has 0 spiro atoms. The molecule has 0 amide bonds. The molecule has 0 bridgehead atoms. The van der Waals surface area contributed by atoms with Crippen molar-refractivity contribution in [2.45, 2.75) is 13.0 Å². The first-order chi connectivity index (χ1) is 6.91. The van der Waals surface area contributed by atoms with E-state index < -0.39 is 0 Å². The fourth-order valence-corrected chi connectivity index (χ4v) is 5.70. The van der Waals surface area contributed by atoms with E-state index in [0.717, 1.165) is 19.8 Å². The van der Waals surface area contributed by atoms with Crippen molar-refractivity contribution in [1.29, 1.82) is 0 Å². The third-order valence-corrected chi connectivity index (χ3v) is 8.44. The summed E-state index contributed by atoms with van der Waals surface area (Å²) in [7, 11) is 1.68. The molecule has 15 heavy (non-hydrogen) atoms. The Balaban J connectivity index is 3.52. The maximum Gasteiger partial charge on any atom is 0.143 e. The number of aromatic hydroxyl groups is 1. The number of ether oxygens (including phenoxy) is 1. The topological polar surface area (TPSA) is 29.5 Å². The summed E-state index contributed by atoms with van der Waals surface area (Å²) in [5.74, 6) is 0.361. The van der Waals surface area contributed by atoms with Crippen molar-refractivity contribution in [3.63, 3.8) is 0 Å². The Bertz CT molecular complexity index is 363. The van der Waals surface area contributed by atoms with Crippen molar-refractivity contribution in [2.75, 3.05) is 7.11 Å². The molecule has 0 aliphatic heterocycles. The molecule has 0 saturated heterocycles. The number of rotatable bonds is 2. The molecular weight excluding hydrogens is 648 g/mol. The van der Waals surface area contributed by atoms with Crippen molar-refractivity contribution in [1.82, 2.24) is 0 Å². The van der Waals surface area contributed by atoms with Crippen LogP contribution in [0.2, 0.25) is 0 Å². The van der Waals surface area contributed by atoms with E-state index in [0.29, 0.717) is 5.75 Å². The highest BCUT2D eigenvalue weighted by Gasteiger charge is 2.21. The van der Waals surface area contributed by atoms with E-state index in [1.54, 1.807) is 7.11 Å². The molecule has 1 N–H and O–H groups in total. The maximum absolute atomic E-state index is 9.96. The Kier molecular flexibility index (Phi) is 6.16. The molecule has 0 radical (unpaired) electrons. The highest BCUT2D eigenvalue weighted by Crippen LogP contribution is 2.39. The zero-order chi connectivity index (χ0) is 11.7. The summed E-state index contributed by atoms with van der Waals surface area (Å²) >= 11 is 8.89. The van der Waals surface area contributed by atoms with Crippen molar-refractivity contribution in [3.8, 4) is 5.75 Å². The standard InChI is InChI=1S/C9H8I4O2/c1-3(15-2)4-5(10)7(12)8(13)9(14)6(4)11/h3,14H,1-2H3. The van der Waals surface area contributed by atoms with Crippen LogP contribution in [0.1, 0.15) is 18.6 Å². The molecule has 1 unspecified atom stereocenters. The number of hydrogen-bond acceptors (Lipinski definition) is 2. The van der Waals surface area contributed by atoms with E-state index in [1.165, 1.54) is 0 Å². The van der Waals surface area contributed by atoms with Gasteiger partial charge in [0, 0.05) is 19.8 Å². The first-order valence-corrected chi connectivity index (χ1v) is 8.30. The molecular formula is C9H8I4O2. The van der Waals surface area contributed by atoms with Gasteiger partial charge in [0.15, 0.2) is 0 Å². The van der Waals surface area contributed by atoms with Crippen LogP contribution in [0.25, 0.3) is 0 Å². The van der Waals surface area contributed by atoms with Gasteiger partial charge in [0.05, 0.1) is 13.2 Å². The molecule has 1 atom stereocenters. The molecule has 0 aliphatic rings. The Morgan fingerprint density at radius 1 is 1.00 bits per heavy atom. The summed E-state index contributed by atoms with van der Waals surface area (Å²) in [5.41, 5.74) is 1.07. The van der Waals surface area contributed by atoms with Crippen molar-refractivity contribution < 1.29 is 9.84 Å². The van der Waals surface area contributed by atoms with Crippen molar-refractivity contribution >= 4 is 90.4 Å². The molecule has 1 rings (SSSR count). The summed E-state index contributed by atoms with van der Waals surface area (Å²) in [6, 6.07) is 0. The van der Waals surface area contributed by atoms with Crippen LogP contribution in [0, 0.1) is 14.3 Å². The average molecular weight is 656 g/mol. The minimum Gasteiger partial charge on any atom is -0.506 e. The molecule has 1 aromatic rings. The lowest BCUT2D eigenvalue weighted by Crippen LogP contribution is -2.05. The maximum atomic E-state index is 9.96.